The van der Waals surface area contributed by atoms with Crippen molar-refractivity contribution in [3.8, 4) is 0 Å². The van der Waals surface area contributed by atoms with Crippen LogP contribution in [0.1, 0.15) is 31.1 Å². The highest BCUT2D eigenvalue weighted by Gasteiger charge is 2.36. The van der Waals surface area contributed by atoms with Crippen LogP contribution in [-0.2, 0) is 0 Å². The van der Waals surface area contributed by atoms with Crippen molar-refractivity contribution < 1.29 is 14.4 Å². The third kappa shape index (κ3) is 3.27. The van der Waals surface area contributed by atoms with Gasteiger partial charge in [-0.3, -0.25) is 14.4 Å². The zero-order valence-electron chi connectivity index (χ0n) is 19.2. The first kappa shape index (κ1) is 21.0. The standard InChI is InChI=1S/C29H17N5O3/c35-27(16-9-12-18(13-10-16)34-28(36)19-5-1-2-6-20(19)29(34)37)30-17-11-14-23-24(15-17)31-25-21-7-3-4-8-22(21)32-26(25)33-23/h1-15H,(H,30,35)(H,32,33). The van der Waals surface area contributed by atoms with E-state index in [0.717, 1.165) is 21.3 Å². The molecule has 0 fully saturated rings. The quantitative estimate of drug-likeness (QED) is 0.331. The Labute approximate surface area is 209 Å². The van der Waals surface area contributed by atoms with E-state index in [1.807, 2.05) is 30.3 Å². The van der Waals surface area contributed by atoms with Crippen LogP contribution in [0.15, 0.2) is 91.0 Å². The van der Waals surface area contributed by atoms with Gasteiger partial charge in [0.05, 0.1) is 27.8 Å². The van der Waals surface area contributed by atoms with Crippen LogP contribution in [0.2, 0.25) is 0 Å². The smallest absolute Gasteiger partial charge is 0.266 e. The predicted molar refractivity (Wildman–Crippen MR) is 141 cm³/mol. The number of anilines is 2. The van der Waals surface area contributed by atoms with Crippen LogP contribution in [0, 0.1) is 0 Å². The van der Waals surface area contributed by atoms with Crippen molar-refractivity contribution in [3.05, 3.63) is 108 Å². The van der Waals surface area contributed by atoms with Crippen molar-refractivity contribution in [3.63, 3.8) is 0 Å². The fraction of sp³-hybridized carbons (Fsp3) is 0. The molecule has 1 aliphatic heterocycles. The molecule has 3 amide bonds. The molecule has 2 N–H and O–H groups in total. The Kier molecular flexibility index (Phi) is 4.43. The number of nitrogens with zero attached hydrogens (tertiary/aromatic N) is 3. The van der Waals surface area contributed by atoms with Gasteiger partial charge in [0.2, 0.25) is 0 Å². The second-order valence-electron chi connectivity index (χ2n) is 8.79. The number of carbonyl (C=O) groups is 3. The fourth-order valence-electron chi connectivity index (χ4n) is 4.72. The summed E-state index contributed by atoms with van der Waals surface area (Å²) in [5.41, 5.74) is 5.95. The highest BCUT2D eigenvalue weighted by atomic mass is 16.2. The van der Waals surface area contributed by atoms with Gasteiger partial charge in [-0.1, -0.05) is 30.3 Å². The van der Waals surface area contributed by atoms with Crippen LogP contribution in [0.5, 0.6) is 0 Å². The molecule has 0 unspecified atom stereocenters. The lowest BCUT2D eigenvalue weighted by Gasteiger charge is -2.14. The minimum Gasteiger partial charge on any atom is -0.338 e. The molecule has 0 spiro atoms. The average Bonchev–Trinajstić information content (AvgIpc) is 3.41. The number of aromatic nitrogens is 3. The van der Waals surface area contributed by atoms with Gasteiger partial charge in [0.15, 0.2) is 5.65 Å². The Hall–Kier alpha value is -5.37. The molecule has 0 saturated heterocycles. The molecular formula is C29H17N5O3. The number of para-hydroxylation sites is 1. The molecular weight excluding hydrogens is 466 g/mol. The van der Waals surface area contributed by atoms with Crippen LogP contribution in [-0.4, -0.2) is 32.7 Å². The molecule has 6 aromatic rings. The van der Waals surface area contributed by atoms with Gasteiger partial charge >= 0.3 is 0 Å². The number of benzene rings is 4. The van der Waals surface area contributed by atoms with E-state index in [2.05, 4.69) is 15.3 Å². The van der Waals surface area contributed by atoms with Gasteiger partial charge in [0.25, 0.3) is 17.7 Å². The number of rotatable bonds is 3. The minimum atomic E-state index is -0.376. The van der Waals surface area contributed by atoms with Gasteiger partial charge in [-0.05, 0) is 60.7 Å². The highest BCUT2D eigenvalue weighted by Crippen LogP contribution is 2.29. The number of carbonyl (C=O) groups excluding carboxylic acids is 3. The van der Waals surface area contributed by atoms with E-state index in [4.69, 9.17) is 4.98 Å². The first-order valence-corrected chi connectivity index (χ1v) is 11.6. The maximum Gasteiger partial charge on any atom is 0.266 e. The molecule has 176 valence electrons. The maximum absolute atomic E-state index is 12.9. The van der Waals surface area contributed by atoms with Crippen molar-refractivity contribution >= 4 is 62.2 Å². The Balaban J connectivity index is 1.15. The molecule has 4 aromatic carbocycles. The summed E-state index contributed by atoms with van der Waals surface area (Å²) in [6.07, 6.45) is 0. The zero-order chi connectivity index (χ0) is 25.1. The second-order valence-corrected chi connectivity index (χ2v) is 8.79. The second kappa shape index (κ2) is 7.82. The van der Waals surface area contributed by atoms with E-state index >= 15 is 0 Å². The molecule has 0 radical (unpaired) electrons. The number of hydrogen-bond donors (Lipinski definition) is 2. The van der Waals surface area contributed by atoms with Crippen molar-refractivity contribution in [1.29, 1.82) is 0 Å². The van der Waals surface area contributed by atoms with Crippen LogP contribution < -0.4 is 10.2 Å². The number of fused-ring (bicyclic) bond motifs is 5. The van der Waals surface area contributed by atoms with Gasteiger partial charge in [-0.15, -0.1) is 0 Å². The third-order valence-electron chi connectivity index (χ3n) is 6.54. The van der Waals surface area contributed by atoms with E-state index in [9.17, 15) is 14.4 Å². The van der Waals surface area contributed by atoms with Crippen LogP contribution >= 0.6 is 0 Å². The van der Waals surface area contributed by atoms with Gasteiger partial charge in [0, 0.05) is 22.2 Å². The molecule has 2 aromatic heterocycles. The van der Waals surface area contributed by atoms with Crippen molar-refractivity contribution in [2.24, 2.45) is 0 Å². The fourth-order valence-corrected chi connectivity index (χ4v) is 4.72. The maximum atomic E-state index is 12.9. The number of H-pyrrole nitrogens is 1. The highest BCUT2D eigenvalue weighted by molar-refractivity contribution is 6.34. The Morgan fingerprint density at radius 1 is 0.757 bits per heavy atom. The summed E-state index contributed by atoms with van der Waals surface area (Å²) in [5, 5.41) is 3.87. The zero-order valence-corrected chi connectivity index (χ0v) is 19.2. The van der Waals surface area contributed by atoms with Crippen LogP contribution in [0.3, 0.4) is 0 Å². The number of nitrogens with one attached hydrogen (secondary N) is 2. The first-order chi connectivity index (χ1) is 18.1. The van der Waals surface area contributed by atoms with E-state index < -0.39 is 0 Å². The Morgan fingerprint density at radius 3 is 2.22 bits per heavy atom. The summed E-state index contributed by atoms with van der Waals surface area (Å²) in [4.78, 5) is 52.3. The molecule has 3 heterocycles. The number of aromatic amines is 1. The molecule has 0 aliphatic carbocycles. The third-order valence-corrected chi connectivity index (χ3v) is 6.54. The predicted octanol–water partition coefficient (Wildman–Crippen LogP) is 5.32. The average molecular weight is 483 g/mol. The molecule has 8 heteroatoms. The van der Waals surface area contributed by atoms with Crippen molar-refractivity contribution in [1.82, 2.24) is 15.0 Å². The normalized spacial score (nSPS) is 13.0. The molecule has 0 bridgehead atoms. The number of hydrogen-bond acceptors (Lipinski definition) is 5. The molecule has 0 saturated carbocycles. The topological polar surface area (TPSA) is 108 Å². The van der Waals surface area contributed by atoms with Gasteiger partial charge in [-0.2, -0.15) is 0 Å². The summed E-state index contributed by atoms with van der Waals surface area (Å²) in [5.74, 6) is -1.08. The summed E-state index contributed by atoms with van der Waals surface area (Å²) < 4.78 is 0. The van der Waals surface area contributed by atoms with E-state index in [1.165, 1.54) is 0 Å². The Bertz CT molecular complexity index is 1890. The monoisotopic (exact) mass is 483 g/mol. The Morgan fingerprint density at radius 2 is 1.46 bits per heavy atom. The molecule has 8 nitrogen and oxygen atoms in total. The molecule has 7 rings (SSSR count). The molecule has 0 atom stereocenters. The summed E-state index contributed by atoms with van der Waals surface area (Å²) in [6, 6.07) is 26.3. The number of imide groups is 1. The SMILES string of the molecule is O=C(Nc1ccc2nc3[nH]c4ccccc4c3nc2c1)c1ccc(N2C(=O)c3ccccc3C2=O)cc1. The largest absolute Gasteiger partial charge is 0.338 e. The van der Waals surface area contributed by atoms with Gasteiger partial charge in [0.1, 0.15) is 5.52 Å². The summed E-state index contributed by atoms with van der Waals surface area (Å²) >= 11 is 0. The summed E-state index contributed by atoms with van der Waals surface area (Å²) in [6.45, 7) is 0. The first-order valence-electron chi connectivity index (χ1n) is 11.6. The molecule has 1 aliphatic rings. The summed E-state index contributed by atoms with van der Waals surface area (Å²) in [7, 11) is 0. The van der Waals surface area contributed by atoms with Crippen molar-refractivity contribution in [2.75, 3.05) is 10.2 Å². The van der Waals surface area contributed by atoms with Crippen LogP contribution in [0.25, 0.3) is 33.1 Å². The van der Waals surface area contributed by atoms with Crippen LogP contribution in [0.4, 0.5) is 11.4 Å². The van der Waals surface area contributed by atoms with Gasteiger partial charge < -0.3 is 10.3 Å². The molecule has 37 heavy (non-hydrogen) atoms. The van der Waals surface area contributed by atoms with E-state index in [-0.39, 0.29) is 17.7 Å². The minimum absolute atomic E-state index is 0.325. The van der Waals surface area contributed by atoms with E-state index in [0.29, 0.717) is 44.7 Å². The lowest BCUT2D eigenvalue weighted by molar-refractivity contribution is 0.0925. The lowest BCUT2D eigenvalue weighted by atomic mass is 10.1. The van der Waals surface area contributed by atoms with E-state index in [1.54, 1.807) is 60.7 Å². The van der Waals surface area contributed by atoms with Crippen molar-refractivity contribution in [2.45, 2.75) is 0 Å². The van der Waals surface area contributed by atoms with Gasteiger partial charge in [-0.25, -0.2) is 14.9 Å². The lowest BCUT2D eigenvalue weighted by Crippen LogP contribution is -2.29. The number of amides is 3.